The van der Waals surface area contributed by atoms with E-state index in [1.165, 1.54) is 18.6 Å². The highest BCUT2D eigenvalue weighted by atomic mass is 79.9. The Balaban J connectivity index is 1.62. The molecule has 1 aliphatic heterocycles. The van der Waals surface area contributed by atoms with Crippen LogP contribution in [-0.4, -0.2) is 16.1 Å². The van der Waals surface area contributed by atoms with Gasteiger partial charge in [0.25, 0.3) is 5.69 Å². The molecule has 0 N–H and O–H groups in total. The van der Waals surface area contributed by atoms with E-state index in [1.807, 2.05) is 24.4 Å². The van der Waals surface area contributed by atoms with Crippen LogP contribution in [0.1, 0.15) is 25.5 Å². The van der Waals surface area contributed by atoms with Crippen LogP contribution in [-0.2, 0) is 4.74 Å². The fourth-order valence-corrected chi connectivity index (χ4v) is 3.60. The molecular weight excluding hydrogens is 400 g/mol. The van der Waals surface area contributed by atoms with Crippen LogP contribution >= 0.6 is 15.9 Å². The number of benzene rings is 2. The number of nitrogens with zero attached hydrogens (tertiary/aromatic N) is 2. The lowest BCUT2D eigenvalue weighted by Gasteiger charge is -2.25. The van der Waals surface area contributed by atoms with Gasteiger partial charge in [-0.2, -0.15) is 0 Å². The normalized spacial score (nSPS) is 17.3. The van der Waals surface area contributed by atoms with E-state index in [0.717, 1.165) is 34.8 Å². The first-order valence-electron chi connectivity index (χ1n) is 8.46. The Kier molecular flexibility index (Phi) is 4.65. The maximum atomic E-state index is 10.7. The summed E-state index contributed by atoms with van der Waals surface area (Å²) < 4.78 is 14.8. The number of fused-ring (bicyclic) bond motifs is 1. The molecule has 26 heavy (non-hydrogen) atoms. The Morgan fingerprint density at radius 1 is 1.19 bits per heavy atom. The van der Waals surface area contributed by atoms with Gasteiger partial charge in [-0.1, -0.05) is 0 Å². The molecule has 0 bridgehead atoms. The summed E-state index contributed by atoms with van der Waals surface area (Å²) in [7, 11) is 0. The molecule has 1 fully saturated rings. The summed E-state index contributed by atoms with van der Waals surface area (Å²) in [6.07, 6.45) is 5.43. The van der Waals surface area contributed by atoms with Crippen LogP contribution in [0.25, 0.3) is 10.9 Å². The zero-order valence-corrected chi connectivity index (χ0v) is 15.5. The smallest absolute Gasteiger partial charge is 0.269 e. The average Bonchev–Trinajstić information content (AvgIpc) is 3.06. The lowest BCUT2D eigenvalue weighted by molar-refractivity contribution is -0.384. The van der Waals surface area contributed by atoms with Gasteiger partial charge in [-0.25, -0.2) is 0 Å². The molecule has 7 heteroatoms. The largest absolute Gasteiger partial charge is 0.456 e. The van der Waals surface area contributed by atoms with Crippen LogP contribution in [0.4, 0.5) is 5.69 Å². The molecule has 0 aliphatic carbocycles. The molecule has 1 aliphatic rings. The van der Waals surface area contributed by atoms with E-state index in [1.54, 1.807) is 12.1 Å². The number of non-ortho nitro benzene ring substituents is 1. The fourth-order valence-electron chi connectivity index (χ4n) is 3.19. The fraction of sp³-hybridized carbons (Fsp3) is 0.263. The van der Waals surface area contributed by atoms with E-state index in [2.05, 4.69) is 20.5 Å². The van der Waals surface area contributed by atoms with Crippen molar-refractivity contribution >= 4 is 32.5 Å². The first kappa shape index (κ1) is 17.1. The second kappa shape index (κ2) is 7.09. The molecule has 1 unspecified atom stereocenters. The number of aromatic nitrogens is 1. The molecule has 0 saturated carbocycles. The van der Waals surface area contributed by atoms with Crippen LogP contribution in [0.2, 0.25) is 0 Å². The van der Waals surface area contributed by atoms with E-state index in [9.17, 15) is 10.1 Å². The Bertz CT molecular complexity index is 946. The van der Waals surface area contributed by atoms with Crippen molar-refractivity contribution < 1.29 is 14.4 Å². The number of nitro benzene ring substituents is 1. The zero-order valence-electron chi connectivity index (χ0n) is 13.9. The van der Waals surface area contributed by atoms with Crippen LogP contribution in [0.3, 0.4) is 0 Å². The van der Waals surface area contributed by atoms with Gasteiger partial charge in [-0.05, 0) is 65.5 Å². The molecule has 0 amide bonds. The van der Waals surface area contributed by atoms with Gasteiger partial charge in [-0.15, -0.1) is 0 Å². The number of rotatable bonds is 4. The van der Waals surface area contributed by atoms with E-state index in [4.69, 9.17) is 9.47 Å². The monoisotopic (exact) mass is 416 g/mol. The Morgan fingerprint density at radius 3 is 2.69 bits per heavy atom. The van der Waals surface area contributed by atoms with Gasteiger partial charge < -0.3 is 14.0 Å². The van der Waals surface area contributed by atoms with Crippen LogP contribution in [0, 0.1) is 10.1 Å². The molecule has 2 aromatic carbocycles. The quantitative estimate of drug-likeness (QED) is 0.397. The summed E-state index contributed by atoms with van der Waals surface area (Å²) in [5.74, 6) is 1.21. The summed E-state index contributed by atoms with van der Waals surface area (Å²) in [6.45, 7) is 0.798. The lowest BCUT2D eigenvalue weighted by atomic mass is 10.2. The highest BCUT2D eigenvalue weighted by Crippen LogP contribution is 2.36. The second-order valence-corrected chi connectivity index (χ2v) is 7.09. The second-order valence-electron chi connectivity index (χ2n) is 6.24. The summed E-state index contributed by atoms with van der Waals surface area (Å²) in [5.41, 5.74) is 1.12. The average molecular weight is 417 g/mol. The topological polar surface area (TPSA) is 66.5 Å². The zero-order chi connectivity index (χ0) is 18.1. The van der Waals surface area contributed by atoms with E-state index < -0.39 is 4.92 Å². The first-order chi connectivity index (χ1) is 12.6. The van der Waals surface area contributed by atoms with Crippen LogP contribution in [0.15, 0.2) is 53.1 Å². The van der Waals surface area contributed by atoms with Crippen molar-refractivity contribution in [2.45, 2.75) is 25.5 Å². The number of nitro groups is 1. The molecule has 134 valence electrons. The number of hydrogen-bond donors (Lipinski definition) is 0. The van der Waals surface area contributed by atoms with Crippen LogP contribution in [0.5, 0.6) is 11.5 Å². The van der Waals surface area contributed by atoms with Crippen molar-refractivity contribution in [3.63, 3.8) is 0 Å². The minimum absolute atomic E-state index is 0.0384. The maximum Gasteiger partial charge on any atom is 0.269 e. The molecule has 4 rings (SSSR count). The van der Waals surface area contributed by atoms with Crippen LogP contribution < -0.4 is 4.74 Å². The molecule has 1 aromatic heterocycles. The molecule has 0 radical (unpaired) electrons. The number of hydrogen-bond acceptors (Lipinski definition) is 4. The number of halogens is 1. The Hall–Kier alpha value is -2.38. The number of ether oxygens (including phenoxy) is 2. The molecular formula is C19H17BrN2O4. The third-order valence-corrected chi connectivity index (χ3v) is 5.14. The van der Waals surface area contributed by atoms with E-state index in [-0.39, 0.29) is 11.9 Å². The van der Waals surface area contributed by atoms with Gasteiger partial charge >= 0.3 is 0 Å². The van der Waals surface area contributed by atoms with Gasteiger partial charge in [0.05, 0.1) is 14.9 Å². The van der Waals surface area contributed by atoms with Crippen molar-refractivity contribution in [2.24, 2.45) is 0 Å². The SMILES string of the molecule is O=[N+]([O-])c1ccc(Oc2cc3ccn(C4CCCCO4)c3cc2Br)cc1. The van der Waals surface area contributed by atoms with Gasteiger partial charge in [0.1, 0.15) is 17.7 Å². The van der Waals surface area contributed by atoms with E-state index >= 15 is 0 Å². The molecule has 3 aromatic rings. The summed E-state index contributed by atoms with van der Waals surface area (Å²) in [4.78, 5) is 10.3. The highest BCUT2D eigenvalue weighted by molar-refractivity contribution is 9.10. The highest BCUT2D eigenvalue weighted by Gasteiger charge is 2.18. The minimum atomic E-state index is -0.429. The van der Waals surface area contributed by atoms with Crippen molar-refractivity contribution in [3.05, 3.63) is 63.2 Å². The standard InChI is InChI=1S/C19H17BrN2O4/c20-16-12-17-13(8-9-21(17)19-3-1-2-10-25-19)11-18(16)26-15-6-4-14(5-7-15)22(23)24/h4-9,11-12,19H,1-3,10H2. The molecule has 2 heterocycles. The predicted octanol–water partition coefficient (Wildman–Crippen LogP) is 5.80. The molecule has 6 nitrogen and oxygen atoms in total. The van der Waals surface area contributed by atoms with Crippen molar-refractivity contribution in [1.29, 1.82) is 0 Å². The lowest BCUT2D eigenvalue weighted by Crippen LogP contribution is -2.17. The Morgan fingerprint density at radius 2 is 2.00 bits per heavy atom. The predicted molar refractivity (Wildman–Crippen MR) is 102 cm³/mol. The van der Waals surface area contributed by atoms with Crippen molar-refractivity contribution in [1.82, 2.24) is 4.57 Å². The third-order valence-electron chi connectivity index (χ3n) is 4.52. The van der Waals surface area contributed by atoms with E-state index in [0.29, 0.717) is 11.5 Å². The molecule has 1 saturated heterocycles. The molecule has 0 spiro atoms. The van der Waals surface area contributed by atoms with Gasteiger partial charge in [0.15, 0.2) is 0 Å². The summed E-state index contributed by atoms with van der Waals surface area (Å²) >= 11 is 3.57. The van der Waals surface area contributed by atoms with Gasteiger partial charge in [-0.3, -0.25) is 10.1 Å². The van der Waals surface area contributed by atoms with Crippen molar-refractivity contribution in [3.8, 4) is 11.5 Å². The maximum absolute atomic E-state index is 10.7. The molecule has 1 atom stereocenters. The third kappa shape index (κ3) is 3.32. The van der Waals surface area contributed by atoms with Gasteiger partial charge in [0.2, 0.25) is 0 Å². The van der Waals surface area contributed by atoms with Crippen molar-refractivity contribution in [2.75, 3.05) is 6.61 Å². The Labute approximate surface area is 158 Å². The minimum Gasteiger partial charge on any atom is -0.456 e. The van der Waals surface area contributed by atoms with Gasteiger partial charge in [0, 0.05) is 30.3 Å². The summed E-state index contributed by atoms with van der Waals surface area (Å²) in [5, 5.41) is 11.8. The summed E-state index contributed by atoms with van der Waals surface area (Å²) in [6, 6.07) is 12.1. The first-order valence-corrected chi connectivity index (χ1v) is 9.25.